The summed E-state index contributed by atoms with van der Waals surface area (Å²) < 4.78 is 11.0. The van der Waals surface area contributed by atoms with E-state index in [1.165, 1.54) is 7.11 Å². The molecule has 31 heavy (non-hydrogen) atoms. The van der Waals surface area contributed by atoms with E-state index in [1.807, 2.05) is 18.2 Å². The Morgan fingerprint density at radius 2 is 1.84 bits per heavy atom. The molecule has 0 saturated heterocycles. The van der Waals surface area contributed by atoms with Gasteiger partial charge < -0.3 is 14.8 Å². The molecule has 0 heterocycles. The standard InChI is InChI=1S/C24H18Cl2N2O3/c1-30-23-12-16(11-17(14-27)20-9-8-18(25)13-21(20)26)7-10-22(23)31-15-24(29)28-19-5-3-2-4-6-19/h2-13H,15H2,1H3,(H,28,29)/b17-11+. The normalized spacial score (nSPS) is 10.8. The monoisotopic (exact) mass is 452 g/mol. The summed E-state index contributed by atoms with van der Waals surface area (Å²) in [6, 6.07) is 21.4. The Morgan fingerprint density at radius 3 is 2.52 bits per heavy atom. The molecular weight excluding hydrogens is 435 g/mol. The smallest absolute Gasteiger partial charge is 0.262 e. The minimum absolute atomic E-state index is 0.176. The van der Waals surface area contributed by atoms with Crippen molar-refractivity contribution in [2.24, 2.45) is 0 Å². The number of hydrogen-bond acceptors (Lipinski definition) is 4. The van der Waals surface area contributed by atoms with E-state index in [0.717, 1.165) is 0 Å². The minimum atomic E-state index is -0.290. The van der Waals surface area contributed by atoms with Crippen LogP contribution >= 0.6 is 23.2 Å². The number of allylic oxidation sites excluding steroid dienone is 1. The largest absolute Gasteiger partial charge is 0.493 e. The van der Waals surface area contributed by atoms with Crippen molar-refractivity contribution >= 4 is 46.4 Å². The number of nitrogens with one attached hydrogen (secondary N) is 1. The molecule has 0 atom stereocenters. The van der Waals surface area contributed by atoms with Crippen LogP contribution in [0.15, 0.2) is 66.7 Å². The Morgan fingerprint density at radius 1 is 1.06 bits per heavy atom. The first-order chi connectivity index (χ1) is 15.0. The lowest BCUT2D eigenvalue weighted by Crippen LogP contribution is -2.20. The molecule has 3 aromatic carbocycles. The average molecular weight is 453 g/mol. The van der Waals surface area contributed by atoms with Gasteiger partial charge in [-0.15, -0.1) is 0 Å². The highest BCUT2D eigenvalue weighted by Gasteiger charge is 2.11. The fraction of sp³-hybridized carbons (Fsp3) is 0.0833. The van der Waals surface area contributed by atoms with Gasteiger partial charge in [-0.2, -0.15) is 5.26 Å². The van der Waals surface area contributed by atoms with E-state index in [-0.39, 0.29) is 12.5 Å². The zero-order valence-electron chi connectivity index (χ0n) is 16.6. The molecule has 0 aliphatic rings. The lowest BCUT2D eigenvalue weighted by molar-refractivity contribution is -0.118. The van der Waals surface area contributed by atoms with E-state index < -0.39 is 0 Å². The zero-order chi connectivity index (χ0) is 22.2. The van der Waals surface area contributed by atoms with Crippen LogP contribution in [0.2, 0.25) is 10.0 Å². The van der Waals surface area contributed by atoms with Crippen LogP contribution in [-0.2, 0) is 4.79 Å². The summed E-state index contributed by atoms with van der Waals surface area (Å²) in [7, 11) is 1.50. The van der Waals surface area contributed by atoms with Crippen LogP contribution < -0.4 is 14.8 Å². The second-order valence-electron chi connectivity index (χ2n) is 6.41. The number of nitrogens with zero attached hydrogens (tertiary/aromatic N) is 1. The van der Waals surface area contributed by atoms with Crippen LogP contribution in [0.3, 0.4) is 0 Å². The van der Waals surface area contributed by atoms with Gasteiger partial charge in [0.05, 0.1) is 23.8 Å². The summed E-state index contributed by atoms with van der Waals surface area (Å²) >= 11 is 12.2. The number of carbonyl (C=O) groups excluding carboxylic acids is 1. The van der Waals surface area contributed by atoms with Crippen molar-refractivity contribution < 1.29 is 14.3 Å². The van der Waals surface area contributed by atoms with Gasteiger partial charge in [0.1, 0.15) is 0 Å². The molecule has 3 rings (SSSR count). The van der Waals surface area contributed by atoms with Gasteiger partial charge in [0.15, 0.2) is 18.1 Å². The van der Waals surface area contributed by atoms with Crippen molar-refractivity contribution in [1.82, 2.24) is 0 Å². The molecule has 0 aliphatic carbocycles. The molecule has 0 bridgehead atoms. The Labute approximate surface area is 190 Å². The van der Waals surface area contributed by atoms with Crippen LogP contribution in [0.5, 0.6) is 11.5 Å². The molecule has 7 heteroatoms. The quantitative estimate of drug-likeness (QED) is 0.348. The lowest BCUT2D eigenvalue weighted by Gasteiger charge is -2.12. The third-order valence-corrected chi connectivity index (χ3v) is 4.80. The number of halogens is 2. The van der Waals surface area contributed by atoms with Gasteiger partial charge in [-0.3, -0.25) is 4.79 Å². The Kier molecular flexibility index (Phi) is 7.55. The molecule has 0 aliphatic heterocycles. The zero-order valence-corrected chi connectivity index (χ0v) is 18.1. The third-order valence-electron chi connectivity index (χ3n) is 4.26. The third kappa shape index (κ3) is 6.02. The van der Waals surface area contributed by atoms with Crippen molar-refractivity contribution in [2.45, 2.75) is 0 Å². The number of hydrogen-bond donors (Lipinski definition) is 1. The first kappa shape index (κ1) is 22.2. The topological polar surface area (TPSA) is 71.3 Å². The van der Waals surface area contributed by atoms with Crippen LogP contribution in [0, 0.1) is 11.3 Å². The molecule has 3 aromatic rings. The van der Waals surface area contributed by atoms with E-state index >= 15 is 0 Å². The van der Waals surface area contributed by atoms with Crippen molar-refractivity contribution in [2.75, 3.05) is 19.0 Å². The Balaban J connectivity index is 1.75. The number of para-hydroxylation sites is 1. The number of ether oxygens (including phenoxy) is 2. The van der Waals surface area contributed by atoms with Crippen molar-refractivity contribution in [3.8, 4) is 17.6 Å². The summed E-state index contributed by atoms with van der Waals surface area (Å²) in [5.74, 6) is 0.549. The summed E-state index contributed by atoms with van der Waals surface area (Å²) in [5.41, 5.74) is 2.35. The van der Waals surface area contributed by atoms with Crippen molar-refractivity contribution in [3.63, 3.8) is 0 Å². The van der Waals surface area contributed by atoms with Crippen LogP contribution in [0.25, 0.3) is 11.6 Å². The van der Waals surface area contributed by atoms with Crippen molar-refractivity contribution in [1.29, 1.82) is 5.26 Å². The molecule has 156 valence electrons. The first-order valence-electron chi connectivity index (χ1n) is 9.23. The summed E-state index contributed by atoms with van der Waals surface area (Å²) in [6.45, 7) is -0.176. The van der Waals surface area contributed by atoms with E-state index in [2.05, 4.69) is 11.4 Å². The van der Waals surface area contributed by atoms with Gasteiger partial charge in [-0.25, -0.2) is 0 Å². The first-order valence-corrected chi connectivity index (χ1v) is 9.98. The highest BCUT2D eigenvalue weighted by molar-refractivity contribution is 6.36. The average Bonchev–Trinajstić information content (AvgIpc) is 2.77. The maximum absolute atomic E-state index is 12.1. The molecule has 1 amide bonds. The van der Waals surface area contributed by atoms with Gasteiger partial charge in [0, 0.05) is 16.3 Å². The van der Waals surface area contributed by atoms with E-state index in [0.29, 0.717) is 43.9 Å². The molecule has 0 fully saturated rings. The summed E-state index contributed by atoms with van der Waals surface area (Å²) in [5, 5.41) is 13.2. The molecule has 0 radical (unpaired) electrons. The maximum atomic E-state index is 12.1. The van der Waals surface area contributed by atoms with Crippen LogP contribution in [0.4, 0.5) is 5.69 Å². The number of methoxy groups -OCH3 is 1. The van der Waals surface area contributed by atoms with E-state index in [4.69, 9.17) is 32.7 Å². The molecular formula is C24H18Cl2N2O3. The lowest BCUT2D eigenvalue weighted by atomic mass is 10.0. The highest BCUT2D eigenvalue weighted by Crippen LogP contribution is 2.32. The summed E-state index contributed by atoms with van der Waals surface area (Å²) in [4.78, 5) is 12.1. The van der Waals surface area contributed by atoms with Gasteiger partial charge >= 0.3 is 0 Å². The number of rotatable bonds is 7. The van der Waals surface area contributed by atoms with Gasteiger partial charge in [0.25, 0.3) is 5.91 Å². The van der Waals surface area contributed by atoms with E-state index in [9.17, 15) is 10.1 Å². The molecule has 0 spiro atoms. The number of benzene rings is 3. The maximum Gasteiger partial charge on any atom is 0.262 e. The second-order valence-corrected chi connectivity index (χ2v) is 7.25. The van der Waals surface area contributed by atoms with Gasteiger partial charge in [-0.05, 0) is 48.0 Å². The predicted octanol–water partition coefficient (Wildman–Crippen LogP) is 6.08. The molecule has 0 aromatic heterocycles. The fourth-order valence-electron chi connectivity index (χ4n) is 2.80. The SMILES string of the molecule is COc1cc(/C=C(\C#N)c2ccc(Cl)cc2Cl)ccc1OCC(=O)Nc1ccccc1. The number of amides is 1. The minimum Gasteiger partial charge on any atom is -0.493 e. The summed E-state index contributed by atoms with van der Waals surface area (Å²) in [6.07, 6.45) is 1.68. The number of anilines is 1. The molecule has 0 unspecified atom stereocenters. The predicted molar refractivity (Wildman–Crippen MR) is 124 cm³/mol. The van der Waals surface area contributed by atoms with Gasteiger partial charge in [0.2, 0.25) is 0 Å². The van der Waals surface area contributed by atoms with Crippen LogP contribution in [-0.4, -0.2) is 19.6 Å². The molecule has 5 nitrogen and oxygen atoms in total. The number of carbonyl (C=O) groups is 1. The Hall–Kier alpha value is -3.46. The second kappa shape index (κ2) is 10.5. The highest BCUT2D eigenvalue weighted by atomic mass is 35.5. The van der Waals surface area contributed by atoms with Gasteiger partial charge in [-0.1, -0.05) is 53.5 Å². The van der Waals surface area contributed by atoms with Crippen LogP contribution in [0.1, 0.15) is 11.1 Å². The molecule has 1 N–H and O–H groups in total. The fourth-order valence-corrected chi connectivity index (χ4v) is 3.31. The number of nitriles is 1. The molecule has 0 saturated carbocycles. The van der Waals surface area contributed by atoms with Crippen molar-refractivity contribution in [3.05, 3.63) is 87.9 Å². The van der Waals surface area contributed by atoms with E-state index in [1.54, 1.807) is 54.6 Å². The Bertz CT molecular complexity index is 1160.